The molecule has 20 heavy (non-hydrogen) atoms. The quantitative estimate of drug-likeness (QED) is 0.848. The van der Waals surface area contributed by atoms with Crippen molar-refractivity contribution in [2.45, 2.75) is 44.9 Å². The first-order chi connectivity index (χ1) is 9.81. The number of thiazole rings is 1. The van der Waals surface area contributed by atoms with Crippen LogP contribution in [-0.2, 0) is 6.42 Å². The maximum atomic E-state index is 4.93. The molecule has 0 radical (unpaired) electrons. The molecule has 1 N–H and O–H groups in total. The molecule has 1 saturated carbocycles. The standard InChI is InChI=1S/C17H22N2S/c1-3-15-19-16(12-6-4-5-7-12)17(20-15)13-8-10-14(18-2)11-9-13/h8-12,18H,3-7H2,1-2H3. The highest BCUT2D eigenvalue weighted by Gasteiger charge is 2.24. The molecule has 106 valence electrons. The van der Waals surface area contributed by atoms with Gasteiger partial charge in [-0.3, -0.25) is 0 Å². The second-order valence-corrected chi connectivity index (χ2v) is 6.57. The fourth-order valence-electron chi connectivity index (χ4n) is 3.00. The lowest BCUT2D eigenvalue weighted by Gasteiger charge is -2.09. The highest BCUT2D eigenvalue weighted by molar-refractivity contribution is 7.15. The van der Waals surface area contributed by atoms with Gasteiger partial charge >= 0.3 is 0 Å². The van der Waals surface area contributed by atoms with E-state index >= 15 is 0 Å². The minimum atomic E-state index is 0.686. The lowest BCUT2D eigenvalue weighted by atomic mass is 10.00. The summed E-state index contributed by atoms with van der Waals surface area (Å²) < 4.78 is 0. The number of rotatable bonds is 4. The molecule has 0 unspecified atom stereocenters. The van der Waals surface area contributed by atoms with Crippen molar-refractivity contribution < 1.29 is 0 Å². The molecule has 0 saturated heterocycles. The fourth-order valence-corrected chi connectivity index (χ4v) is 4.10. The van der Waals surface area contributed by atoms with E-state index in [1.54, 1.807) is 0 Å². The first kappa shape index (κ1) is 13.6. The molecule has 1 aromatic carbocycles. The van der Waals surface area contributed by atoms with Crippen molar-refractivity contribution in [3.63, 3.8) is 0 Å². The zero-order chi connectivity index (χ0) is 13.9. The second kappa shape index (κ2) is 5.96. The van der Waals surface area contributed by atoms with Crippen molar-refractivity contribution in [3.8, 4) is 10.4 Å². The van der Waals surface area contributed by atoms with Crippen molar-refractivity contribution in [1.82, 2.24) is 4.98 Å². The topological polar surface area (TPSA) is 24.9 Å². The van der Waals surface area contributed by atoms with Crippen LogP contribution in [0.25, 0.3) is 10.4 Å². The van der Waals surface area contributed by atoms with E-state index in [2.05, 4.69) is 36.5 Å². The predicted octanol–water partition coefficient (Wildman–Crippen LogP) is 5.07. The summed E-state index contributed by atoms with van der Waals surface area (Å²) in [5.74, 6) is 0.686. The van der Waals surface area contributed by atoms with Gasteiger partial charge in [0.2, 0.25) is 0 Å². The van der Waals surface area contributed by atoms with E-state index in [1.165, 1.54) is 46.8 Å². The van der Waals surface area contributed by atoms with Gasteiger partial charge in [0.15, 0.2) is 0 Å². The van der Waals surface area contributed by atoms with E-state index in [9.17, 15) is 0 Å². The zero-order valence-corrected chi connectivity index (χ0v) is 13.1. The van der Waals surface area contributed by atoms with Crippen molar-refractivity contribution in [1.29, 1.82) is 0 Å². The average molecular weight is 286 g/mol. The van der Waals surface area contributed by atoms with Crippen molar-refractivity contribution in [3.05, 3.63) is 35.0 Å². The molecule has 3 heteroatoms. The van der Waals surface area contributed by atoms with Crippen LogP contribution in [0.15, 0.2) is 24.3 Å². The third kappa shape index (κ3) is 2.59. The van der Waals surface area contributed by atoms with Crippen LogP contribution in [0.4, 0.5) is 5.69 Å². The van der Waals surface area contributed by atoms with Crippen LogP contribution in [0, 0.1) is 0 Å². The second-order valence-electron chi connectivity index (χ2n) is 5.48. The molecule has 1 heterocycles. The zero-order valence-electron chi connectivity index (χ0n) is 12.3. The monoisotopic (exact) mass is 286 g/mol. The number of nitrogens with zero attached hydrogens (tertiary/aromatic N) is 1. The van der Waals surface area contributed by atoms with Crippen molar-refractivity contribution in [2.75, 3.05) is 12.4 Å². The molecule has 0 aliphatic heterocycles. The first-order valence-electron chi connectivity index (χ1n) is 7.59. The van der Waals surface area contributed by atoms with Crippen molar-refractivity contribution >= 4 is 17.0 Å². The Morgan fingerprint density at radius 3 is 2.50 bits per heavy atom. The Hall–Kier alpha value is -1.35. The molecule has 0 spiro atoms. The minimum Gasteiger partial charge on any atom is -0.388 e. The smallest absolute Gasteiger partial charge is 0.0932 e. The Morgan fingerprint density at radius 1 is 1.20 bits per heavy atom. The SMILES string of the molecule is CCc1nc(C2CCCC2)c(-c2ccc(NC)cc2)s1. The van der Waals surface area contributed by atoms with Gasteiger partial charge in [-0.15, -0.1) is 11.3 Å². The van der Waals surface area contributed by atoms with Crippen LogP contribution in [0.2, 0.25) is 0 Å². The summed E-state index contributed by atoms with van der Waals surface area (Å²) in [5.41, 5.74) is 3.85. The molecule has 1 aliphatic carbocycles. The molecule has 0 amide bonds. The van der Waals surface area contributed by atoms with Crippen LogP contribution in [-0.4, -0.2) is 12.0 Å². The highest BCUT2D eigenvalue weighted by Crippen LogP contribution is 2.41. The Balaban J connectivity index is 1.99. The van der Waals surface area contributed by atoms with Gasteiger partial charge in [0.1, 0.15) is 0 Å². The molecule has 1 aromatic heterocycles. The molecule has 2 aromatic rings. The summed E-state index contributed by atoms with van der Waals surface area (Å²) in [6.07, 6.45) is 6.39. The maximum Gasteiger partial charge on any atom is 0.0932 e. The van der Waals surface area contributed by atoms with Crippen molar-refractivity contribution in [2.24, 2.45) is 0 Å². The molecule has 0 bridgehead atoms. The molecular formula is C17H22N2S. The third-order valence-corrected chi connectivity index (χ3v) is 5.44. The Morgan fingerprint density at radius 2 is 1.90 bits per heavy atom. The summed E-state index contributed by atoms with van der Waals surface area (Å²) in [7, 11) is 1.96. The minimum absolute atomic E-state index is 0.686. The number of anilines is 1. The van der Waals surface area contributed by atoms with E-state index in [0.717, 1.165) is 12.1 Å². The number of nitrogens with one attached hydrogen (secondary N) is 1. The molecule has 1 fully saturated rings. The fraction of sp³-hybridized carbons (Fsp3) is 0.471. The van der Waals surface area contributed by atoms with Crippen LogP contribution in [0.5, 0.6) is 0 Å². The summed E-state index contributed by atoms with van der Waals surface area (Å²) >= 11 is 1.88. The van der Waals surface area contributed by atoms with Gasteiger partial charge < -0.3 is 5.32 Å². The van der Waals surface area contributed by atoms with Crippen LogP contribution in [0.1, 0.15) is 49.2 Å². The molecule has 0 atom stereocenters. The summed E-state index contributed by atoms with van der Waals surface area (Å²) in [5, 5.41) is 4.46. The Kier molecular flexibility index (Phi) is 4.06. The Labute approximate surface area is 125 Å². The van der Waals surface area contributed by atoms with Gasteiger partial charge in [-0.05, 0) is 37.0 Å². The molecular weight excluding hydrogens is 264 g/mol. The van der Waals surface area contributed by atoms with E-state index in [-0.39, 0.29) is 0 Å². The largest absolute Gasteiger partial charge is 0.388 e. The molecule has 1 aliphatic rings. The van der Waals surface area contributed by atoms with Gasteiger partial charge in [0.25, 0.3) is 0 Å². The highest BCUT2D eigenvalue weighted by atomic mass is 32.1. The Bertz CT molecular complexity index is 565. The van der Waals surface area contributed by atoms with Gasteiger partial charge in [-0.2, -0.15) is 0 Å². The molecule has 3 rings (SSSR count). The number of hydrogen-bond donors (Lipinski definition) is 1. The van der Waals surface area contributed by atoms with E-state index in [1.807, 2.05) is 18.4 Å². The van der Waals surface area contributed by atoms with E-state index in [0.29, 0.717) is 5.92 Å². The summed E-state index contributed by atoms with van der Waals surface area (Å²) in [6.45, 7) is 2.20. The lowest BCUT2D eigenvalue weighted by Crippen LogP contribution is -1.95. The maximum absolute atomic E-state index is 4.93. The number of aryl methyl sites for hydroxylation is 1. The van der Waals surface area contributed by atoms with Gasteiger partial charge in [0.05, 0.1) is 15.6 Å². The van der Waals surface area contributed by atoms with Gasteiger partial charge in [-0.25, -0.2) is 4.98 Å². The first-order valence-corrected chi connectivity index (χ1v) is 8.41. The van der Waals surface area contributed by atoms with Gasteiger partial charge in [0, 0.05) is 18.7 Å². The average Bonchev–Trinajstić information content (AvgIpc) is 3.16. The van der Waals surface area contributed by atoms with Gasteiger partial charge in [-0.1, -0.05) is 31.9 Å². The van der Waals surface area contributed by atoms with Crippen LogP contribution in [0.3, 0.4) is 0 Å². The van der Waals surface area contributed by atoms with E-state index in [4.69, 9.17) is 4.98 Å². The lowest BCUT2D eigenvalue weighted by molar-refractivity contribution is 0.701. The normalized spacial score (nSPS) is 15.7. The van der Waals surface area contributed by atoms with Crippen LogP contribution < -0.4 is 5.32 Å². The number of aromatic nitrogens is 1. The number of benzene rings is 1. The predicted molar refractivity (Wildman–Crippen MR) is 87.7 cm³/mol. The molecule has 2 nitrogen and oxygen atoms in total. The van der Waals surface area contributed by atoms with Crippen LogP contribution >= 0.6 is 11.3 Å². The summed E-state index contributed by atoms with van der Waals surface area (Å²) in [4.78, 5) is 6.33. The summed E-state index contributed by atoms with van der Waals surface area (Å²) in [6, 6.07) is 8.74. The third-order valence-electron chi connectivity index (χ3n) is 4.18. The van der Waals surface area contributed by atoms with E-state index < -0.39 is 0 Å². The number of hydrogen-bond acceptors (Lipinski definition) is 3.